The molecule has 3 heterocycles. The summed E-state index contributed by atoms with van der Waals surface area (Å²) in [7, 11) is 0. The van der Waals surface area contributed by atoms with Crippen LogP contribution in [0.3, 0.4) is 0 Å². The summed E-state index contributed by atoms with van der Waals surface area (Å²) in [6.07, 6.45) is 4.33. The first kappa shape index (κ1) is 19.7. The van der Waals surface area contributed by atoms with Crippen molar-refractivity contribution in [2.45, 2.75) is 58.7 Å². The third-order valence-electron chi connectivity index (χ3n) is 5.67. The van der Waals surface area contributed by atoms with Crippen LogP contribution in [-0.4, -0.2) is 33.7 Å². The Hall–Kier alpha value is -2.60. The minimum Gasteiger partial charge on any atom is -0.465 e. The van der Waals surface area contributed by atoms with Gasteiger partial charge in [-0.05, 0) is 37.9 Å². The fourth-order valence-electron chi connectivity index (χ4n) is 4.23. The molecule has 0 spiro atoms. The van der Waals surface area contributed by atoms with Gasteiger partial charge in [-0.2, -0.15) is 0 Å². The van der Waals surface area contributed by atoms with Gasteiger partial charge in [0.2, 0.25) is 0 Å². The number of hydrogen-bond donors (Lipinski definition) is 0. The molecule has 1 aliphatic rings. The van der Waals surface area contributed by atoms with Crippen LogP contribution >= 0.6 is 0 Å². The molecule has 6 heteroatoms. The van der Waals surface area contributed by atoms with Crippen molar-refractivity contribution < 1.29 is 14.1 Å². The van der Waals surface area contributed by atoms with Crippen molar-refractivity contribution >= 4 is 16.9 Å². The van der Waals surface area contributed by atoms with Gasteiger partial charge in [-0.1, -0.05) is 37.2 Å². The molecule has 1 aliphatic heterocycles. The summed E-state index contributed by atoms with van der Waals surface area (Å²) in [5.74, 6) is 1.08. The van der Waals surface area contributed by atoms with Crippen molar-refractivity contribution in [3.05, 3.63) is 53.5 Å². The van der Waals surface area contributed by atoms with Crippen LogP contribution in [0.25, 0.3) is 10.9 Å². The van der Waals surface area contributed by atoms with E-state index in [1.807, 2.05) is 17.6 Å². The van der Waals surface area contributed by atoms with Crippen molar-refractivity contribution in [1.29, 1.82) is 0 Å². The van der Waals surface area contributed by atoms with Crippen molar-refractivity contribution in [1.82, 2.24) is 14.6 Å². The second-order valence-corrected chi connectivity index (χ2v) is 8.04. The number of likely N-dealkylation sites (tertiary alicyclic amines) is 1. The zero-order valence-electron chi connectivity index (χ0n) is 17.4. The number of esters is 1. The molecule has 0 unspecified atom stereocenters. The molecule has 0 N–H and O–H groups in total. The summed E-state index contributed by atoms with van der Waals surface area (Å²) in [4.78, 5) is 14.5. The van der Waals surface area contributed by atoms with Crippen LogP contribution in [0.15, 0.2) is 41.1 Å². The number of nitrogens with zero attached hydrogens (tertiary/aromatic N) is 3. The van der Waals surface area contributed by atoms with E-state index >= 15 is 0 Å². The predicted molar refractivity (Wildman–Crippen MR) is 112 cm³/mol. The molecular weight excluding hydrogens is 366 g/mol. The van der Waals surface area contributed by atoms with Crippen LogP contribution in [0.1, 0.15) is 62.6 Å². The predicted octanol–water partition coefficient (Wildman–Crippen LogP) is 4.65. The third kappa shape index (κ3) is 4.08. The molecular formula is C23H29N3O3. The Kier molecular flexibility index (Phi) is 5.72. The van der Waals surface area contributed by atoms with Crippen molar-refractivity contribution in [2.24, 2.45) is 0 Å². The summed E-state index contributed by atoms with van der Waals surface area (Å²) >= 11 is 0. The highest BCUT2D eigenvalue weighted by atomic mass is 16.5. The van der Waals surface area contributed by atoms with E-state index in [0.29, 0.717) is 12.5 Å². The van der Waals surface area contributed by atoms with E-state index in [1.54, 1.807) is 0 Å². The molecule has 0 saturated carbocycles. The molecule has 1 aromatic carbocycles. The number of ether oxygens (including phenoxy) is 1. The first-order valence-corrected chi connectivity index (χ1v) is 10.5. The molecule has 3 aromatic rings. The summed E-state index contributed by atoms with van der Waals surface area (Å²) in [6.45, 7) is 8.56. The average Bonchev–Trinajstić information content (AvgIpc) is 3.42. The van der Waals surface area contributed by atoms with Crippen LogP contribution in [-0.2, 0) is 22.6 Å². The third-order valence-corrected chi connectivity index (χ3v) is 5.67. The van der Waals surface area contributed by atoms with E-state index in [4.69, 9.17) is 9.26 Å². The number of benzene rings is 1. The number of aromatic nitrogens is 2. The molecule has 2 aromatic heterocycles. The lowest BCUT2D eigenvalue weighted by molar-refractivity contribution is -0.143. The second kappa shape index (κ2) is 8.41. The van der Waals surface area contributed by atoms with E-state index in [-0.39, 0.29) is 18.6 Å². The second-order valence-electron chi connectivity index (χ2n) is 8.04. The Morgan fingerprint density at radius 3 is 2.93 bits per heavy atom. The van der Waals surface area contributed by atoms with Crippen molar-refractivity contribution in [3.63, 3.8) is 0 Å². The van der Waals surface area contributed by atoms with E-state index in [1.165, 1.54) is 10.9 Å². The Labute approximate surface area is 171 Å². The smallest absolute Gasteiger partial charge is 0.325 e. The zero-order chi connectivity index (χ0) is 20.4. The molecule has 4 rings (SSSR count). The van der Waals surface area contributed by atoms with Gasteiger partial charge < -0.3 is 13.8 Å². The molecule has 1 atom stereocenters. The maximum Gasteiger partial charge on any atom is 0.325 e. The van der Waals surface area contributed by atoms with Crippen LogP contribution < -0.4 is 0 Å². The number of carbonyl (C=O) groups is 1. The number of fused-ring (bicyclic) bond motifs is 1. The molecule has 0 amide bonds. The standard InChI is InChI=1S/C23H29N3O3/c1-4-28-23(27)15-26-14-17(18-8-5-6-9-20(18)26)13-25-11-7-10-21(25)19-12-22(16(2)3)29-24-19/h5-6,8-9,12,14,16,21H,4,7,10-11,13,15H2,1-3H3/t21-/m1/s1. The van der Waals surface area contributed by atoms with Gasteiger partial charge >= 0.3 is 5.97 Å². The molecule has 6 nitrogen and oxygen atoms in total. The Bertz CT molecular complexity index is 988. The fraction of sp³-hybridized carbons (Fsp3) is 0.478. The molecule has 0 aliphatic carbocycles. The van der Waals surface area contributed by atoms with Gasteiger partial charge in [-0.15, -0.1) is 0 Å². The molecule has 0 radical (unpaired) electrons. The lowest BCUT2D eigenvalue weighted by atomic mass is 10.1. The topological polar surface area (TPSA) is 60.5 Å². The van der Waals surface area contributed by atoms with E-state index < -0.39 is 0 Å². The maximum atomic E-state index is 12.0. The van der Waals surface area contributed by atoms with Gasteiger partial charge in [-0.3, -0.25) is 9.69 Å². The summed E-state index contributed by atoms with van der Waals surface area (Å²) in [6, 6.07) is 10.6. The quantitative estimate of drug-likeness (QED) is 0.545. The van der Waals surface area contributed by atoms with E-state index in [9.17, 15) is 4.79 Å². The highest BCUT2D eigenvalue weighted by molar-refractivity contribution is 5.85. The first-order chi connectivity index (χ1) is 14.1. The van der Waals surface area contributed by atoms with Gasteiger partial charge in [0.15, 0.2) is 0 Å². The van der Waals surface area contributed by atoms with Gasteiger partial charge in [0.1, 0.15) is 18.0 Å². The monoisotopic (exact) mass is 395 g/mol. The minimum atomic E-state index is -0.206. The van der Waals surface area contributed by atoms with Crippen molar-refractivity contribution in [3.8, 4) is 0 Å². The normalized spacial score (nSPS) is 17.4. The SMILES string of the molecule is CCOC(=O)Cn1cc(CN2CCC[C@@H]2c2cc(C(C)C)on2)c2ccccc21. The molecule has 0 bridgehead atoms. The lowest BCUT2D eigenvalue weighted by Gasteiger charge is -2.22. The first-order valence-electron chi connectivity index (χ1n) is 10.5. The van der Waals surface area contributed by atoms with Gasteiger partial charge in [0, 0.05) is 35.6 Å². The minimum absolute atomic E-state index is 0.206. The van der Waals surface area contributed by atoms with Gasteiger partial charge in [-0.25, -0.2) is 0 Å². The number of hydrogen-bond acceptors (Lipinski definition) is 5. The highest BCUT2D eigenvalue weighted by Gasteiger charge is 2.29. The Morgan fingerprint density at radius 2 is 2.17 bits per heavy atom. The number of rotatable bonds is 7. The average molecular weight is 396 g/mol. The van der Waals surface area contributed by atoms with Crippen LogP contribution in [0.5, 0.6) is 0 Å². The van der Waals surface area contributed by atoms with Gasteiger partial charge in [0.05, 0.1) is 12.6 Å². The van der Waals surface area contributed by atoms with Crippen molar-refractivity contribution in [2.75, 3.05) is 13.2 Å². The molecule has 154 valence electrons. The number of para-hydroxylation sites is 1. The molecule has 1 fully saturated rings. The van der Waals surface area contributed by atoms with E-state index in [0.717, 1.165) is 42.9 Å². The highest BCUT2D eigenvalue weighted by Crippen LogP contribution is 2.35. The summed E-state index contributed by atoms with van der Waals surface area (Å²) in [5.41, 5.74) is 3.32. The number of carbonyl (C=O) groups excluding carboxylic acids is 1. The Balaban J connectivity index is 1.58. The van der Waals surface area contributed by atoms with Crippen LogP contribution in [0.2, 0.25) is 0 Å². The largest absolute Gasteiger partial charge is 0.465 e. The summed E-state index contributed by atoms with van der Waals surface area (Å²) in [5, 5.41) is 5.54. The lowest BCUT2D eigenvalue weighted by Crippen LogP contribution is -2.23. The summed E-state index contributed by atoms with van der Waals surface area (Å²) < 4.78 is 12.7. The molecule has 1 saturated heterocycles. The zero-order valence-corrected chi connectivity index (χ0v) is 17.4. The van der Waals surface area contributed by atoms with Crippen LogP contribution in [0, 0.1) is 0 Å². The van der Waals surface area contributed by atoms with E-state index in [2.05, 4.69) is 54.4 Å². The van der Waals surface area contributed by atoms with Gasteiger partial charge in [0.25, 0.3) is 0 Å². The maximum absolute atomic E-state index is 12.0. The Morgan fingerprint density at radius 1 is 1.34 bits per heavy atom. The van der Waals surface area contributed by atoms with Crippen LogP contribution in [0.4, 0.5) is 0 Å². The molecule has 29 heavy (non-hydrogen) atoms. The fourth-order valence-corrected chi connectivity index (χ4v) is 4.23.